The van der Waals surface area contributed by atoms with Crippen molar-refractivity contribution in [2.75, 3.05) is 32.2 Å². The Kier molecular flexibility index (Phi) is 11.5. The summed E-state index contributed by atoms with van der Waals surface area (Å²) in [5, 5.41) is 0. The van der Waals surface area contributed by atoms with E-state index in [1.54, 1.807) is 0 Å². The van der Waals surface area contributed by atoms with E-state index in [-0.39, 0.29) is 5.75 Å². The molecule has 0 heterocycles. The summed E-state index contributed by atoms with van der Waals surface area (Å²) in [6, 6.07) is 0. The van der Waals surface area contributed by atoms with Gasteiger partial charge in [-0.15, -0.1) is 0 Å². The van der Waals surface area contributed by atoms with Crippen LogP contribution in [0.25, 0.3) is 0 Å². The largest absolute Gasteiger partial charge is 0.379 e. The highest BCUT2D eigenvalue weighted by molar-refractivity contribution is 7.85. The molecule has 1 unspecified atom stereocenters. The lowest BCUT2D eigenvalue weighted by Crippen LogP contribution is -2.13. The van der Waals surface area contributed by atoms with Crippen molar-refractivity contribution in [2.24, 2.45) is 5.92 Å². The number of unbranched alkanes of at least 4 members (excludes halogenated alkanes) is 1. The van der Waals surface area contributed by atoms with Gasteiger partial charge in [0.05, 0.1) is 19.0 Å². The van der Waals surface area contributed by atoms with Gasteiger partial charge >= 0.3 is 0 Å². The summed E-state index contributed by atoms with van der Waals surface area (Å²) in [5.41, 5.74) is 0. The van der Waals surface area contributed by atoms with Gasteiger partial charge in [0.25, 0.3) is 10.1 Å². The molecule has 0 aliphatic rings. The van der Waals surface area contributed by atoms with E-state index in [4.69, 9.17) is 14.0 Å². The third-order valence-corrected chi connectivity index (χ3v) is 3.76. The van der Waals surface area contributed by atoms with Crippen LogP contribution in [0.2, 0.25) is 0 Å². The summed E-state index contributed by atoms with van der Waals surface area (Å²) in [6.45, 7) is 6.47. The second-order valence-electron chi connectivity index (χ2n) is 4.74. The SMILES string of the molecule is CCCCC(CC)COCCOCCCS(=O)(=O)O. The molecule has 0 spiro atoms. The minimum atomic E-state index is -3.86. The van der Waals surface area contributed by atoms with Gasteiger partial charge in [-0.2, -0.15) is 8.42 Å². The Labute approximate surface area is 117 Å². The standard InChI is InChI=1S/C13H28O5S/c1-3-5-7-13(4-2)12-18-10-9-17-8-6-11-19(14,15)16/h13H,3-12H2,1-2H3,(H,14,15,16). The van der Waals surface area contributed by atoms with E-state index >= 15 is 0 Å². The smallest absolute Gasteiger partial charge is 0.264 e. The Hall–Kier alpha value is -0.170. The van der Waals surface area contributed by atoms with Crippen molar-refractivity contribution in [3.05, 3.63) is 0 Å². The van der Waals surface area contributed by atoms with E-state index in [9.17, 15) is 8.42 Å². The fraction of sp³-hybridized carbons (Fsp3) is 1.00. The summed E-state index contributed by atoms with van der Waals surface area (Å²) in [4.78, 5) is 0. The van der Waals surface area contributed by atoms with Gasteiger partial charge in [-0.3, -0.25) is 4.55 Å². The van der Waals surface area contributed by atoms with Crippen LogP contribution in [-0.4, -0.2) is 45.2 Å². The van der Waals surface area contributed by atoms with Crippen molar-refractivity contribution >= 4 is 10.1 Å². The number of hydrogen-bond donors (Lipinski definition) is 1. The Morgan fingerprint density at radius 1 is 1.05 bits per heavy atom. The van der Waals surface area contributed by atoms with Crippen molar-refractivity contribution in [3.8, 4) is 0 Å². The molecule has 0 fully saturated rings. The predicted octanol–water partition coefficient (Wildman–Crippen LogP) is 2.51. The maximum absolute atomic E-state index is 10.4. The molecule has 0 aromatic carbocycles. The maximum Gasteiger partial charge on any atom is 0.264 e. The molecule has 1 N–H and O–H groups in total. The molecular weight excluding hydrogens is 268 g/mol. The summed E-state index contributed by atoms with van der Waals surface area (Å²) in [6.07, 6.45) is 5.12. The molecule has 116 valence electrons. The van der Waals surface area contributed by atoms with E-state index in [2.05, 4.69) is 13.8 Å². The lowest BCUT2D eigenvalue weighted by molar-refractivity contribution is 0.0315. The lowest BCUT2D eigenvalue weighted by atomic mass is 10.0. The molecule has 0 amide bonds. The normalized spacial score (nSPS) is 13.6. The minimum Gasteiger partial charge on any atom is -0.379 e. The highest BCUT2D eigenvalue weighted by Crippen LogP contribution is 2.12. The van der Waals surface area contributed by atoms with Gasteiger partial charge in [-0.25, -0.2) is 0 Å². The van der Waals surface area contributed by atoms with Crippen LogP contribution < -0.4 is 0 Å². The van der Waals surface area contributed by atoms with Crippen molar-refractivity contribution < 1.29 is 22.4 Å². The zero-order valence-electron chi connectivity index (χ0n) is 12.1. The predicted molar refractivity (Wildman–Crippen MR) is 76.0 cm³/mol. The van der Waals surface area contributed by atoms with Crippen LogP contribution in [0, 0.1) is 5.92 Å². The quantitative estimate of drug-likeness (QED) is 0.417. The van der Waals surface area contributed by atoms with Gasteiger partial charge in [-0.1, -0.05) is 33.1 Å². The van der Waals surface area contributed by atoms with E-state index in [1.165, 1.54) is 19.3 Å². The van der Waals surface area contributed by atoms with Crippen LogP contribution >= 0.6 is 0 Å². The Bertz CT molecular complexity index is 289. The summed E-state index contributed by atoms with van der Waals surface area (Å²) in [5.74, 6) is 0.377. The van der Waals surface area contributed by atoms with E-state index in [0.29, 0.717) is 32.2 Å². The molecule has 0 aromatic heterocycles. The summed E-state index contributed by atoms with van der Waals surface area (Å²) >= 11 is 0. The van der Waals surface area contributed by atoms with E-state index < -0.39 is 10.1 Å². The lowest BCUT2D eigenvalue weighted by Gasteiger charge is -2.14. The average Bonchev–Trinajstić information content (AvgIpc) is 2.35. The molecular formula is C13H28O5S. The fourth-order valence-electron chi connectivity index (χ4n) is 1.71. The molecule has 5 nitrogen and oxygen atoms in total. The molecule has 0 rings (SSSR count). The van der Waals surface area contributed by atoms with Crippen LogP contribution in [0.5, 0.6) is 0 Å². The van der Waals surface area contributed by atoms with Gasteiger partial charge in [-0.05, 0) is 18.8 Å². The second-order valence-corrected chi connectivity index (χ2v) is 6.32. The molecule has 19 heavy (non-hydrogen) atoms. The van der Waals surface area contributed by atoms with Crippen molar-refractivity contribution in [1.82, 2.24) is 0 Å². The third kappa shape index (κ3) is 14.1. The topological polar surface area (TPSA) is 72.8 Å². The Morgan fingerprint density at radius 2 is 1.74 bits per heavy atom. The third-order valence-electron chi connectivity index (χ3n) is 2.96. The van der Waals surface area contributed by atoms with Crippen LogP contribution in [-0.2, 0) is 19.6 Å². The highest BCUT2D eigenvalue weighted by Gasteiger charge is 2.06. The molecule has 0 bridgehead atoms. The molecule has 0 radical (unpaired) electrons. The van der Waals surface area contributed by atoms with Gasteiger partial charge < -0.3 is 9.47 Å². The van der Waals surface area contributed by atoms with Crippen LogP contribution in [0.1, 0.15) is 46.0 Å². The molecule has 1 atom stereocenters. The Morgan fingerprint density at radius 3 is 2.32 bits per heavy atom. The van der Waals surface area contributed by atoms with Crippen molar-refractivity contribution in [2.45, 2.75) is 46.0 Å². The molecule has 0 aliphatic carbocycles. The van der Waals surface area contributed by atoms with Crippen molar-refractivity contribution in [3.63, 3.8) is 0 Å². The maximum atomic E-state index is 10.4. The highest BCUT2D eigenvalue weighted by atomic mass is 32.2. The van der Waals surface area contributed by atoms with Crippen LogP contribution in [0.4, 0.5) is 0 Å². The number of ether oxygens (including phenoxy) is 2. The first-order valence-corrected chi connectivity index (χ1v) is 8.71. The average molecular weight is 296 g/mol. The number of hydrogen-bond acceptors (Lipinski definition) is 4. The minimum absolute atomic E-state index is 0.247. The molecule has 6 heteroatoms. The number of rotatable bonds is 13. The van der Waals surface area contributed by atoms with Gasteiger partial charge in [0.15, 0.2) is 0 Å². The van der Waals surface area contributed by atoms with E-state index in [1.807, 2.05) is 0 Å². The first-order valence-electron chi connectivity index (χ1n) is 7.10. The second kappa shape index (κ2) is 11.6. The zero-order chi connectivity index (χ0) is 14.6. The van der Waals surface area contributed by atoms with Gasteiger partial charge in [0, 0.05) is 13.2 Å². The van der Waals surface area contributed by atoms with Crippen LogP contribution in [0.3, 0.4) is 0 Å². The molecule has 0 saturated heterocycles. The zero-order valence-corrected chi connectivity index (χ0v) is 13.0. The summed E-state index contributed by atoms with van der Waals surface area (Å²) in [7, 11) is -3.86. The molecule has 0 saturated carbocycles. The van der Waals surface area contributed by atoms with E-state index in [0.717, 1.165) is 13.0 Å². The van der Waals surface area contributed by atoms with Crippen LogP contribution in [0.15, 0.2) is 0 Å². The fourth-order valence-corrected chi connectivity index (χ4v) is 2.19. The first kappa shape index (κ1) is 18.8. The first-order chi connectivity index (χ1) is 8.99. The van der Waals surface area contributed by atoms with Gasteiger partial charge in [0.1, 0.15) is 0 Å². The monoisotopic (exact) mass is 296 g/mol. The Balaban J connectivity index is 3.34. The van der Waals surface area contributed by atoms with Gasteiger partial charge in [0.2, 0.25) is 0 Å². The molecule has 0 aromatic rings. The van der Waals surface area contributed by atoms with Crippen molar-refractivity contribution in [1.29, 1.82) is 0 Å². The molecule has 0 aliphatic heterocycles. The summed E-state index contributed by atoms with van der Waals surface area (Å²) < 4.78 is 40.1.